The normalized spacial score (nSPS) is 29.7. The summed E-state index contributed by atoms with van der Waals surface area (Å²) in [7, 11) is 0. The van der Waals surface area contributed by atoms with E-state index in [1.165, 1.54) is 6.07 Å². The van der Waals surface area contributed by atoms with Gasteiger partial charge in [-0.25, -0.2) is 8.78 Å². The molecule has 0 aliphatic heterocycles. The summed E-state index contributed by atoms with van der Waals surface area (Å²) in [6.07, 6.45) is 0.919. The molecule has 0 radical (unpaired) electrons. The van der Waals surface area contributed by atoms with Crippen molar-refractivity contribution in [2.45, 2.75) is 31.5 Å². The van der Waals surface area contributed by atoms with Crippen LogP contribution in [0, 0.1) is 11.6 Å². The number of benzene rings is 1. The van der Waals surface area contributed by atoms with Gasteiger partial charge in [0.1, 0.15) is 11.9 Å². The molecule has 0 amide bonds. The molecule has 15 heavy (non-hydrogen) atoms. The minimum absolute atomic E-state index is 0.0126. The van der Waals surface area contributed by atoms with Crippen molar-refractivity contribution in [2.24, 2.45) is 0 Å². The number of halogens is 2. The molecule has 1 fully saturated rings. The van der Waals surface area contributed by atoms with Crippen LogP contribution < -0.4 is 4.74 Å². The highest BCUT2D eigenvalue weighted by Gasteiger charge is 2.43. The molecule has 1 saturated carbocycles. The zero-order valence-corrected chi connectivity index (χ0v) is 8.34. The molecule has 1 aliphatic carbocycles. The van der Waals surface area contributed by atoms with Crippen molar-refractivity contribution in [2.75, 3.05) is 0 Å². The van der Waals surface area contributed by atoms with Gasteiger partial charge in [-0.2, -0.15) is 0 Å². The van der Waals surface area contributed by atoms with Crippen molar-refractivity contribution < 1.29 is 18.6 Å². The largest absolute Gasteiger partial charge is 0.484 e. The van der Waals surface area contributed by atoms with Crippen LogP contribution in [0.1, 0.15) is 19.8 Å². The molecule has 2 rings (SSSR count). The highest BCUT2D eigenvalue weighted by molar-refractivity contribution is 5.25. The second-order valence-electron chi connectivity index (χ2n) is 4.08. The standard InChI is InChI=1S/C11H12F2O2/c1-11(14)5-4-10(11)15-9-3-2-7(12)6-8(9)13/h2-3,6,10,14H,4-5H2,1H3/t10-,11-/m0/s1. The Labute approximate surface area is 86.5 Å². The molecule has 2 nitrogen and oxygen atoms in total. The van der Waals surface area contributed by atoms with Crippen LogP contribution in [0.5, 0.6) is 5.75 Å². The molecule has 82 valence electrons. The van der Waals surface area contributed by atoms with E-state index in [0.717, 1.165) is 12.1 Å². The van der Waals surface area contributed by atoms with Gasteiger partial charge < -0.3 is 9.84 Å². The van der Waals surface area contributed by atoms with Gasteiger partial charge in [0.2, 0.25) is 0 Å². The summed E-state index contributed by atoms with van der Waals surface area (Å²) in [5, 5.41) is 9.66. The number of rotatable bonds is 2. The van der Waals surface area contributed by atoms with Gasteiger partial charge in [-0.05, 0) is 31.9 Å². The highest BCUT2D eigenvalue weighted by atomic mass is 19.1. The Kier molecular flexibility index (Phi) is 2.38. The molecule has 0 unspecified atom stereocenters. The van der Waals surface area contributed by atoms with Crippen molar-refractivity contribution >= 4 is 0 Å². The first kappa shape index (κ1) is 10.4. The van der Waals surface area contributed by atoms with Gasteiger partial charge in [0.15, 0.2) is 11.6 Å². The molecule has 1 aromatic rings. The fraction of sp³-hybridized carbons (Fsp3) is 0.455. The minimum atomic E-state index is -0.902. The first-order valence-corrected chi connectivity index (χ1v) is 4.83. The zero-order chi connectivity index (χ0) is 11.1. The number of ether oxygens (including phenoxy) is 1. The van der Waals surface area contributed by atoms with Crippen LogP contribution in [0.2, 0.25) is 0 Å². The second kappa shape index (κ2) is 3.45. The lowest BCUT2D eigenvalue weighted by molar-refractivity contribution is -0.119. The summed E-state index contributed by atoms with van der Waals surface area (Å²) in [6.45, 7) is 1.64. The van der Waals surface area contributed by atoms with Gasteiger partial charge in [0.05, 0.1) is 5.60 Å². The van der Waals surface area contributed by atoms with Crippen molar-refractivity contribution in [3.05, 3.63) is 29.8 Å². The quantitative estimate of drug-likeness (QED) is 0.818. The van der Waals surface area contributed by atoms with E-state index in [1.807, 2.05) is 0 Å². The van der Waals surface area contributed by atoms with Gasteiger partial charge >= 0.3 is 0 Å². The summed E-state index contributed by atoms with van der Waals surface area (Å²) in [6, 6.07) is 3.13. The van der Waals surface area contributed by atoms with Gasteiger partial charge in [-0.3, -0.25) is 0 Å². The third-order valence-electron chi connectivity index (χ3n) is 2.77. The number of hydrogen-bond donors (Lipinski definition) is 1. The molecule has 0 spiro atoms. The molecule has 2 atom stereocenters. The zero-order valence-electron chi connectivity index (χ0n) is 8.34. The maximum Gasteiger partial charge on any atom is 0.167 e. The SMILES string of the molecule is C[C@]1(O)CC[C@@H]1Oc1ccc(F)cc1F. The first-order chi connectivity index (χ1) is 6.99. The van der Waals surface area contributed by atoms with Crippen LogP contribution in [0.3, 0.4) is 0 Å². The van der Waals surface area contributed by atoms with Gasteiger partial charge in [0.25, 0.3) is 0 Å². The van der Waals surface area contributed by atoms with Crippen LogP contribution in [0.25, 0.3) is 0 Å². The van der Waals surface area contributed by atoms with E-state index in [-0.39, 0.29) is 5.75 Å². The van der Waals surface area contributed by atoms with Crippen LogP contribution in [-0.4, -0.2) is 16.8 Å². The molecule has 0 aromatic heterocycles. The Bertz CT molecular complexity index is 377. The Morgan fingerprint density at radius 3 is 2.67 bits per heavy atom. The first-order valence-electron chi connectivity index (χ1n) is 4.83. The van der Waals surface area contributed by atoms with E-state index in [1.54, 1.807) is 6.92 Å². The molecule has 4 heteroatoms. The van der Waals surface area contributed by atoms with Crippen LogP contribution >= 0.6 is 0 Å². The van der Waals surface area contributed by atoms with Crippen LogP contribution in [-0.2, 0) is 0 Å². The topological polar surface area (TPSA) is 29.5 Å². The molecular formula is C11H12F2O2. The van der Waals surface area contributed by atoms with E-state index >= 15 is 0 Å². The highest BCUT2D eigenvalue weighted by Crippen LogP contribution is 2.35. The van der Waals surface area contributed by atoms with Crippen molar-refractivity contribution in [1.82, 2.24) is 0 Å². The van der Waals surface area contributed by atoms with E-state index in [4.69, 9.17) is 4.74 Å². The van der Waals surface area contributed by atoms with Crippen molar-refractivity contribution in [3.8, 4) is 5.75 Å². The fourth-order valence-corrected chi connectivity index (χ4v) is 1.59. The van der Waals surface area contributed by atoms with Crippen molar-refractivity contribution in [3.63, 3.8) is 0 Å². The predicted octanol–water partition coefficient (Wildman–Crippen LogP) is 2.26. The predicted molar refractivity (Wildman–Crippen MR) is 50.6 cm³/mol. The average molecular weight is 214 g/mol. The van der Waals surface area contributed by atoms with Crippen molar-refractivity contribution in [1.29, 1.82) is 0 Å². The lowest BCUT2D eigenvalue weighted by Gasteiger charge is -2.42. The molecule has 0 bridgehead atoms. The monoisotopic (exact) mass is 214 g/mol. The molecule has 1 aliphatic rings. The molecule has 1 N–H and O–H groups in total. The van der Waals surface area contributed by atoms with Crippen LogP contribution in [0.4, 0.5) is 8.78 Å². The van der Waals surface area contributed by atoms with Gasteiger partial charge in [-0.15, -0.1) is 0 Å². The summed E-state index contributed by atoms with van der Waals surface area (Å²) >= 11 is 0. The lowest BCUT2D eigenvalue weighted by Crippen LogP contribution is -2.52. The van der Waals surface area contributed by atoms with E-state index in [2.05, 4.69) is 0 Å². The van der Waals surface area contributed by atoms with Gasteiger partial charge in [0, 0.05) is 6.07 Å². The Morgan fingerprint density at radius 1 is 1.47 bits per heavy atom. The summed E-state index contributed by atoms with van der Waals surface area (Å²) in [4.78, 5) is 0. The summed E-state index contributed by atoms with van der Waals surface area (Å²) in [5.74, 6) is -1.39. The molecule has 0 saturated heterocycles. The second-order valence-corrected chi connectivity index (χ2v) is 4.08. The Morgan fingerprint density at radius 2 is 2.20 bits per heavy atom. The molecule has 0 heterocycles. The Hall–Kier alpha value is -1.16. The maximum atomic E-state index is 13.2. The lowest BCUT2D eigenvalue weighted by atomic mass is 9.78. The molecular weight excluding hydrogens is 202 g/mol. The summed E-state index contributed by atoms with van der Waals surface area (Å²) in [5.41, 5.74) is -0.902. The minimum Gasteiger partial charge on any atom is -0.484 e. The maximum absolute atomic E-state index is 13.2. The summed E-state index contributed by atoms with van der Waals surface area (Å²) < 4.78 is 31.0. The van der Waals surface area contributed by atoms with E-state index in [0.29, 0.717) is 12.8 Å². The third kappa shape index (κ3) is 1.95. The van der Waals surface area contributed by atoms with Crippen LogP contribution in [0.15, 0.2) is 18.2 Å². The molecule has 1 aromatic carbocycles. The third-order valence-corrected chi connectivity index (χ3v) is 2.77. The number of hydrogen-bond acceptors (Lipinski definition) is 2. The van der Waals surface area contributed by atoms with E-state index in [9.17, 15) is 13.9 Å². The number of aliphatic hydroxyl groups is 1. The van der Waals surface area contributed by atoms with Gasteiger partial charge in [-0.1, -0.05) is 0 Å². The fourth-order valence-electron chi connectivity index (χ4n) is 1.59. The van der Waals surface area contributed by atoms with E-state index < -0.39 is 23.3 Å². The smallest absolute Gasteiger partial charge is 0.167 e. The average Bonchev–Trinajstić information content (AvgIpc) is 2.15. The Balaban J connectivity index is 2.11.